The normalized spacial score (nSPS) is 26.1. The van der Waals surface area contributed by atoms with E-state index in [2.05, 4.69) is 0 Å². The van der Waals surface area contributed by atoms with Gasteiger partial charge < -0.3 is 10.2 Å². The van der Waals surface area contributed by atoms with E-state index in [1.54, 1.807) is 0 Å². The third kappa shape index (κ3) is 3.24. The highest BCUT2D eigenvalue weighted by Crippen LogP contribution is 2.38. The molecule has 8 heteroatoms. The standard InChI is InChI=1S/C15H20FNO5S/c1-2-7-15(14(19)20)8-9-17(10-13(15)18)23(21,22)12-5-3-11(16)4-6-12/h3-6,13,18H,2,7-10H2,1H3,(H,19,20)/t13?,15-/m0/s1. The number of aliphatic carboxylic acids is 1. The zero-order valence-electron chi connectivity index (χ0n) is 12.8. The smallest absolute Gasteiger partial charge is 0.312 e. The van der Waals surface area contributed by atoms with Crippen molar-refractivity contribution in [3.05, 3.63) is 30.1 Å². The summed E-state index contributed by atoms with van der Waals surface area (Å²) in [5.41, 5.74) is -1.32. The third-order valence-corrected chi connectivity index (χ3v) is 6.27. The molecule has 23 heavy (non-hydrogen) atoms. The number of halogens is 1. The van der Waals surface area contributed by atoms with Gasteiger partial charge in [0, 0.05) is 13.1 Å². The summed E-state index contributed by atoms with van der Waals surface area (Å²) in [6, 6.07) is 4.40. The number of sulfonamides is 1. The van der Waals surface area contributed by atoms with E-state index >= 15 is 0 Å². The summed E-state index contributed by atoms with van der Waals surface area (Å²) in [5, 5.41) is 19.8. The first-order chi connectivity index (χ1) is 10.7. The molecule has 1 saturated heterocycles. The lowest BCUT2D eigenvalue weighted by molar-refractivity contribution is -0.162. The maximum atomic E-state index is 12.9. The Hall–Kier alpha value is -1.51. The van der Waals surface area contributed by atoms with Crippen molar-refractivity contribution < 1.29 is 27.8 Å². The van der Waals surface area contributed by atoms with Crippen LogP contribution in [-0.2, 0) is 14.8 Å². The van der Waals surface area contributed by atoms with Crippen LogP contribution in [0.5, 0.6) is 0 Å². The van der Waals surface area contributed by atoms with Gasteiger partial charge in [-0.2, -0.15) is 4.31 Å². The second-order valence-electron chi connectivity index (χ2n) is 5.79. The number of carboxylic acid groups (broad SMARTS) is 1. The maximum absolute atomic E-state index is 12.9. The van der Waals surface area contributed by atoms with E-state index < -0.39 is 33.3 Å². The van der Waals surface area contributed by atoms with Gasteiger partial charge in [-0.15, -0.1) is 0 Å². The van der Waals surface area contributed by atoms with Gasteiger partial charge in [0.05, 0.1) is 16.4 Å². The van der Waals surface area contributed by atoms with E-state index in [4.69, 9.17) is 0 Å². The van der Waals surface area contributed by atoms with Crippen LogP contribution >= 0.6 is 0 Å². The molecule has 2 rings (SSSR count). The van der Waals surface area contributed by atoms with Gasteiger partial charge in [-0.1, -0.05) is 13.3 Å². The van der Waals surface area contributed by atoms with Crippen LogP contribution in [0.3, 0.4) is 0 Å². The molecule has 0 radical (unpaired) electrons. The molecule has 0 bridgehead atoms. The Kier molecular flexibility index (Phi) is 5.07. The van der Waals surface area contributed by atoms with Gasteiger partial charge in [0.15, 0.2) is 0 Å². The summed E-state index contributed by atoms with van der Waals surface area (Å²) in [6.07, 6.45) is -0.385. The zero-order chi connectivity index (χ0) is 17.3. The predicted molar refractivity (Wildman–Crippen MR) is 80.8 cm³/mol. The number of nitrogens with zero attached hydrogens (tertiary/aromatic N) is 1. The molecule has 2 atom stereocenters. The van der Waals surface area contributed by atoms with Crippen LogP contribution < -0.4 is 0 Å². The van der Waals surface area contributed by atoms with Gasteiger partial charge in [0.1, 0.15) is 5.82 Å². The van der Waals surface area contributed by atoms with Crippen molar-refractivity contribution in [1.82, 2.24) is 4.31 Å². The van der Waals surface area contributed by atoms with Gasteiger partial charge in [-0.3, -0.25) is 4.79 Å². The van der Waals surface area contributed by atoms with Crippen LogP contribution in [0.25, 0.3) is 0 Å². The van der Waals surface area contributed by atoms with E-state index in [9.17, 15) is 27.8 Å². The predicted octanol–water partition coefficient (Wildman–Crippen LogP) is 1.45. The van der Waals surface area contributed by atoms with Gasteiger partial charge in [0.25, 0.3) is 0 Å². The minimum Gasteiger partial charge on any atom is -0.481 e. The second-order valence-corrected chi connectivity index (χ2v) is 7.73. The molecule has 1 aromatic carbocycles. The first-order valence-corrected chi connectivity index (χ1v) is 8.85. The van der Waals surface area contributed by atoms with Crippen molar-refractivity contribution in [1.29, 1.82) is 0 Å². The second kappa shape index (κ2) is 6.54. The highest BCUT2D eigenvalue weighted by Gasteiger charge is 2.49. The number of carbonyl (C=O) groups is 1. The van der Waals surface area contributed by atoms with E-state index in [0.717, 1.165) is 28.6 Å². The van der Waals surface area contributed by atoms with Gasteiger partial charge in [-0.05, 0) is 37.1 Å². The van der Waals surface area contributed by atoms with Gasteiger partial charge in [0.2, 0.25) is 10.0 Å². The molecule has 0 saturated carbocycles. The van der Waals surface area contributed by atoms with Crippen LogP contribution in [0, 0.1) is 11.2 Å². The summed E-state index contributed by atoms with van der Waals surface area (Å²) in [5.74, 6) is -1.65. The van der Waals surface area contributed by atoms with E-state index in [-0.39, 0.29) is 30.8 Å². The fraction of sp³-hybridized carbons (Fsp3) is 0.533. The minimum absolute atomic E-state index is 0.00305. The molecular weight excluding hydrogens is 325 g/mol. The molecule has 1 heterocycles. The van der Waals surface area contributed by atoms with Crippen LogP contribution in [0.4, 0.5) is 4.39 Å². The lowest BCUT2D eigenvalue weighted by atomic mass is 9.73. The number of piperidine rings is 1. The van der Waals surface area contributed by atoms with Gasteiger partial charge >= 0.3 is 5.97 Å². The van der Waals surface area contributed by atoms with Crippen molar-refractivity contribution >= 4 is 16.0 Å². The highest BCUT2D eigenvalue weighted by molar-refractivity contribution is 7.89. The molecule has 128 valence electrons. The Labute approximate surface area is 134 Å². The third-order valence-electron chi connectivity index (χ3n) is 4.40. The Morgan fingerprint density at radius 3 is 2.48 bits per heavy atom. The number of benzene rings is 1. The Balaban J connectivity index is 2.25. The van der Waals surface area contributed by atoms with Crippen molar-refractivity contribution in [2.45, 2.75) is 37.2 Å². The maximum Gasteiger partial charge on any atom is 0.312 e. The quantitative estimate of drug-likeness (QED) is 0.842. The monoisotopic (exact) mass is 345 g/mol. The van der Waals surface area contributed by atoms with Crippen LogP contribution in [0.1, 0.15) is 26.2 Å². The highest BCUT2D eigenvalue weighted by atomic mass is 32.2. The molecular formula is C15H20FNO5S. The van der Waals surface area contributed by atoms with E-state index in [1.807, 2.05) is 6.92 Å². The van der Waals surface area contributed by atoms with Gasteiger partial charge in [-0.25, -0.2) is 12.8 Å². The van der Waals surface area contributed by atoms with E-state index in [1.165, 1.54) is 0 Å². The molecule has 1 unspecified atom stereocenters. The largest absolute Gasteiger partial charge is 0.481 e. The lowest BCUT2D eigenvalue weighted by Crippen LogP contribution is -2.55. The number of hydrogen-bond donors (Lipinski definition) is 2. The molecule has 1 fully saturated rings. The summed E-state index contributed by atoms with van der Waals surface area (Å²) in [6.45, 7) is 1.54. The molecule has 1 aliphatic heterocycles. The average Bonchev–Trinajstić information content (AvgIpc) is 2.49. The molecule has 0 spiro atoms. The number of hydrogen-bond acceptors (Lipinski definition) is 4. The molecule has 2 N–H and O–H groups in total. The van der Waals surface area contributed by atoms with Crippen LogP contribution in [0.15, 0.2) is 29.2 Å². The fourth-order valence-corrected chi connectivity index (χ4v) is 4.47. The van der Waals surface area contributed by atoms with Crippen molar-refractivity contribution in [2.24, 2.45) is 5.41 Å². The number of β-amino-alcohol motifs (C(OH)–C–C–N with tert-alkyl or cyclic N) is 1. The lowest BCUT2D eigenvalue weighted by Gasteiger charge is -2.42. The summed E-state index contributed by atoms with van der Waals surface area (Å²) in [7, 11) is -3.89. The number of aliphatic hydroxyl groups excluding tert-OH is 1. The molecule has 6 nitrogen and oxygen atoms in total. The number of aliphatic hydroxyl groups is 1. The molecule has 0 aliphatic carbocycles. The van der Waals surface area contributed by atoms with Crippen molar-refractivity contribution in [2.75, 3.05) is 13.1 Å². The number of carboxylic acids is 1. The summed E-state index contributed by atoms with van der Waals surface area (Å²) < 4.78 is 39.1. The Bertz CT molecular complexity index is 676. The molecule has 0 aromatic heterocycles. The topological polar surface area (TPSA) is 94.9 Å². The zero-order valence-corrected chi connectivity index (χ0v) is 13.6. The van der Waals surface area contributed by atoms with Crippen LogP contribution in [-0.4, -0.2) is 48.1 Å². The first-order valence-electron chi connectivity index (χ1n) is 7.41. The molecule has 1 aromatic rings. The minimum atomic E-state index is -3.89. The van der Waals surface area contributed by atoms with E-state index in [0.29, 0.717) is 6.42 Å². The van der Waals surface area contributed by atoms with Crippen LogP contribution in [0.2, 0.25) is 0 Å². The SMILES string of the molecule is CCC[C@]1(C(=O)O)CCN(S(=O)(=O)c2ccc(F)cc2)CC1O. The Morgan fingerprint density at radius 2 is 2.00 bits per heavy atom. The fourth-order valence-electron chi connectivity index (χ4n) is 3.02. The Morgan fingerprint density at radius 1 is 1.39 bits per heavy atom. The molecule has 0 amide bonds. The van der Waals surface area contributed by atoms with Crippen molar-refractivity contribution in [3.8, 4) is 0 Å². The number of rotatable bonds is 5. The molecule has 1 aliphatic rings. The summed E-state index contributed by atoms with van der Waals surface area (Å²) in [4.78, 5) is 11.5. The van der Waals surface area contributed by atoms with Crippen molar-refractivity contribution in [3.63, 3.8) is 0 Å². The first kappa shape index (κ1) is 17.8. The average molecular weight is 345 g/mol. The summed E-state index contributed by atoms with van der Waals surface area (Å²) >= 11 is 0.